The summed E-state index contributed by atoms with van der Waals surface area (Å²) < 4.78 is 0. The molecular weight excluding hydrogens is 412 g/mol. The fourth-order valence-corrected chi connectivity index (χ4v) is 2.70. The smallest absolute Gasteiger partial charge is 0.0919 e. The zero-order valence-electron chi connectivity index (χ0n) is 12.4. The molecule has 2 rings (SSSR count). The van der Waals surface area contributed by atoms with Crippen LogP contribution in [-0.4, -0.2) is 42.3 Å². The quantitative estimate of drug-likeness (QED) is 0.687. The number of aliphatic hydroxyl groups excluding tert-OH is 1. The monoisotopic (exact) mass is 440 g/mol. The predicted octanol–water partition coefficient (Wildman–Crippen LogP) is 2.65. The molecule has 1 N–H and O–H groups in total. The molecule has 0 aromatic rings. The summed E-state index contributed by atoms with van der Waals surface area (Å²) in [4.78, 5) is 12.0. The minimum absolute atomic E-state index is 0. The molecule has 1 aliphatic heterocycles. The SMILES string of the molecule is CC1C(CCO)CCN(C)C1C.O=NC1CCC1.[W]. The van der Waals surface area contributed by atoms with Gasteiger partial charge in [-0.2, -0.15) is 4.91 Å². The molecule has 19 heavy (non-hydrogen) atoms. The van der Waals surface area contributed by atoms with Crippen LogP contribution in [-0.2, 0) is 21.1 Å². The molecule has 4 nitrogen and oxygen atoms in total. The average molecular weight is 440 g/mol. The zero-order valence-corrected chi connectivity index (χ0v) is 15.4. The number of hydrogen-bond donors (Lipinski definition) is 1. The van der Waals surface area contributed by atoms with Crippen LogP contribution >= 0.6 is 0 Å². The Labute approximate surface area is 131 Å². The molecule has 112 valence electrons. The summed E-state index contributed by atoms with van der Waals surface area (Å²) in [6.45, 7) is 6.14. The van der Waals surface area contributed by atoms with E-state index in [1.807, 2.05) is 0 Å². The molecule has 1 saturated carbocycles. The van der Waals surface area contributed by atoms with Crippen LogP contribution in [0.15, 0.2) is 5.18 Å². The molecule has 2 aliphatic rings. The van der Waals surface area contributed by atoms with Crippen molar-refractivity contribution < 1.29 is 26.2 Å². The molecule has 5 heteroatoms. The van der Waals surface area contributed by atoms with Gasteiger partial charge in [0, 0.05) is 33.7 Å². The summed E-state index contributed by atoms with van der Waals surface area (Å²) in [5.74, 6) is 1.47. The summed E-state index contributed by atoms with van der Waals surface area (Å²) >= 11 is 0. The number of piperidine rings is 1. The maximum atomic E-state index is 9.54. The second-order valence-corrected chi connectivity index (χ2v) is 5.83. The van der Waals surface area contributed by atoms with E-state index in [4.69, 9.17) is 5.11 Å². The molecule has 0 spiro atoms. The molecule has 1 aliphatic carbocycles. The zero-order chi connectivity index (χ0) is 13.5. The van der Waals surface area contributed by atoms with Gasteiger partial charge in [-0.15, -0.1) is 0 Å². The van der Waals surface area contributed by atoms with E-state index in [-0.39, 0.29) is 27.1 Å². The Morgan fingerprint density at radius 1 is 1.26 bits per heavy atom. The van der Waals surface area contributed by atoms with Gasteiger partial charge in [-0.25, -0.2) is 0 Å². The Balaban J connectivity index is 0.000000392. The van der Waals surface area contributed by atoms with Gasteiger partial charge >= 0.3 is 0 Å². The van der Waals surface area contributed by atoms with Gasteiger partial charge in [0.2, 0.25) is 0 Å². The summed E-state index contributed by atoms with van der Waals surface area (Å²) in [7, 11) is 2.19. The Hall–Kier alpha value is 0.208. The van der Waals surface area contributed by atoms with Gasteiger partial charge < -0.3 is 10.0 Å². The van der Waals surface area contributed by atoms with Crippen LogP contribution in [0.25, 0.3) is 0 Å². The molecule has 0 bridgehead atoms. The maximum absolute atomic E-state index is 9.54. The van der Waals surface area contributed by atoms with E-state index >= 15 is 0 Å². The van der Waals surface area contributed by atoms with E-state index in [0.717, 1.165) is 31.1 Å². The van der Waals surface area contributed by atoms with Gasteiger partial charge in [0.25, 0.3) is 0 Å². The van der Waals surface area contributed by atoms with E-state index in [1.165, 1.54) is 19.4 Å². The van der Waals surface area contributed by atoms with E-state index in [0.29, 0.717) is 12.6 Å². The molecule has 2 fully saturated rings. The van der Waals surface area contributed by atoms with Crippen molar-refractivity contribution in [1.29, 1.82) is 0 Å². The van der Waals surface area contributed by atoms with Gasteiger partial charge in [0.15, 0.2) is 0 Å². The number of likely N-dealkylation sites (tertiary alicyclic amines) is 1. The van der Waals surface area contributed by atoms with E-state index in [9.17, 15) is 4.91 Å². The first-order chi connectivity index (χ1) is 8.60. The van der Waals surface area contributed by atoms with Crippen molar-refractivity contribution in [3.8, 4) is 0 Å². The van der Waals surface area contributed by atoms with Crippen molar-refractivity contribution >= 4 is 0 Å². The maximum Gasteiger partial charge on any atom is 0.0919 e. The molecule has 3 atom stereocenters. The van der Waals surface area contributed by atoms with Crippen LogP contribution in [0, 0.1) is 16.7 Å². The van der Waals surface area contributed by atoms with Gasteiger partial charge in [-0.05, 0) is 64.5 Å². The van der Waals surface area contributed by atoms with E-state index in [1.54, 1.807) is 0 Å². The first-order valence-corrected chi connectivity index (χ1v) is 7.23. The van der Waals surface area contributed by atoms with E-state index in [2.05, 4.69) is 31.0 Å². The number of nitrogens with zero attached hydrogens (tertiary/aromatic N) is 2. The third kappa shape index (κ3) is 6.01. The third-order valence-corrected chi connectivity index (χ3v) is 4.78. The van der Waals surface area contributed by atoms with Crippen LogP contribution in [0.2, 0.25) is 0 Å². The fourth-order valence-electron chi connectivity index (χ4n) is 2.70. The second kappa shape index (κ2) is 10.0. The minimum atomic E-state index is 0. The summed E-state index contributed by atoms with van der Waals surface area (Å²) in [5.41, 5.74) is 0. The largest absolute Gasteiger partial charge is 0.396 e. The molecule has 0 aromatic heterocycles. The molecule has 0 radical (unpaired) electrons. The standard InChI is InChI=1S/C10H21NO.C4H7NO.W/c1-8-9(2)11(3)6-4-10(8)5-7-12;6-5-4-2-1-3-4;/h8-10,12H,4-7H2,1-3H3;4H,1-3H2;. The third-order valence-electron chi connectivity index (χ3n) is 4.78. The molecule has 1 heterocycles. The number of nitroso groups, excluding NO2 is 1. The van der Waals surface area contributed by atoms with Gasteiger partial charge in [0.1, 0.15) is 0 Å². The minimum Gasteiger partial charge on any atom is -0.396 e. The number of aliphatic hydroxyl groups is 1. The average Bonchev–Trinajstić information content (AvgIpc) is 2.30. The van der Waals surface area contributed by atoms with Crippen LogP contribution in [0.3, 0.4) is 0 Å². The summed E-state index contributed by atoms with van der Waals surface area (Å²) in [6.07, 6.45) is 5.51. The number of hydrogen-bond acceptors (Lipinski definition) is 4. The van der Waals surface area contributed by atoms with Crippen molar-refractivity contribution in [2.45, 2.75) is 58.0 Å². The van der Waals surface area contributed by atoms with Crippen LogP contribution in [0.5, 0.6) is 0 Å². The van der Waals surface area contributed by atoms with Crippen molar-refractivity contribution in [2.75, 3.05) is 20.2 Å². The first-order valence-electron chi connectivity index (χ1n) is 7.23. The van der Waals surface area contributed by atoms with Crippen molar-refractivity contribution in [3.05, 3.63) is 4.91 Å². The fraction of sp³-hybridized carbons (Fsp3) is 1.00. The molecule has 3 unspecified atom stereocenters. The molecule has 1 saturated heterocycles. The Bertz CT molecular complexity index is 250. The Morgan fingerprint density at radius 3 is 2.26 bits per heavy atom. The van der Waals surface area contributed by atoms with Crippen molar-refractivity contribution in [3.63, 3.8) is 0 Å². The summed E-state index contributed by atoms with van der Waals surface area (Å²) in [6, 6.07) is 0.861. The second-order valence-electron chi connectivity index (χ2n) is 5.83. The van der Waals surface area contributed by atoms with Crippen LogP contribution in [0.1, 0.15) is 46.0 Å². The van der Waals surface area contributed by atoms with E-state index < -0.39 is 0 Å². The van der Waals surface area contributed by atoms with Crippen LogP contribution < -0.4 is 0 Å². The van der Waals surface area contributed by atoms with Crippen molar-refractivity contribution in [1.82, 2.24) is 4.90 Å². The van der Waals surface area contributed by atoms with Gasteiger partial charge in [0.05, 0.1) is 6.04 Å². The molecule has 0 aromatic carbocycles. The topological polar surface area (TPSA) is 52.9 Å². The number of rotatable bonds is 3. The van der Waals surface area contributed by atoms with Crippen LogP contribution in [0.4, 0.5) is 0 Å². The first kappa shape index (κ1) is 19.2. The molecular formula is C14H28N2O2W. The van der Waals surface area contributed by atoms with Crippen molar-refractivity contribution in [2.24, 2.45) is 17.0 Å². The molecule has 0 amide bonds. The Kier molecular flexibility index (Phi) is 10.1. The predicted molar refractivity (Wildman–Crippen MR) is 74.5 cm³/mol. The summed E-state index contributed by atoms with van der Waals surface area (Å²) in [5, 5.41) is 11.7. The van der Waals surface area contributed by atoms with Gasteiger partial charge in [-0.1, -0.05) is 12.1 Å². The van der Waals surface area contributed by atoms with Gasteiger partial charge in [-0.3, -0.25) is 0 Å². The Morgan fingerprint density at radius 2 is 1.89 bits per heavy atom. The normalized spacial score (nSPS) is 31.5.